The van der Waals surface area contributed by atoms with Crippen molar-refractivity contribution in [3.8, 4) is 0 Å². The fourth-order valence-electron chi connectivity index (χ4n) is 1.50. The maximum absolute atomic E-state index is 12.9. The highest BCUT2D eigenvalue weighted by atomic mass is 19.4. The van der Waals surface area contributed by atoms with Gasteiger partial charge in [0.1, 0.15) is 5.82 Å². The maximum Gasteiger partial charge on any atom is 0.416 e. The molecule has 1 aromatic rings. The highest BCUT2D eigenvalue weighted by molar-refractivity contribution is 5.32. The molecule has 1 N–H and O–H groups in total. The van der Waals surface area contributed by atoms with Gasteiger partial charge in [-0.15, -0.1) is 0 Å². The van der Waals surface area contributed by atoms with Gasteiger partial charge in [0.2, 0.25) is 0 Å². The average molecular weight is 236 g/mol. The van der Waals surface area contributed by atoms with Crippen molar-refractivity contribution >= 4 is 0 Å². The molecule has 0 fully saturated rings. The van der Waals surface area contributed by atoms with E-state index in [1.54, 1.807) is 6.92 Å². The van der Waals surface area contributed by atoms with E-state index in [1.807, 2.05) is 0 Å². The molecule has 1 nitrogen and oxygen atoms in total. The Balaban J connectivity index is 3.18. The zero-order chi connectivity index (χ0) is 12.3. The van der Waals surface area contributed by atoms with Crippen molar-refractivity contribution in [2.45, 2.75) is 32.0 Å². The molecule has 1 atom stereocenters. The van der Waals surface area contributed by atoms with Gasteiger partial charge < -0.3 is 5.11 Å². The van der Waals surface area contributed by atoms with E-state index in [-0.39, 0.29) is 6.42 Å². The smallest absolute Gasteiger partial charge is 0.388 e. The number of benzene rings is 1. The van der Waals surface area contributed by atoms with Crippen molar-refractivity contribution in [3.63, 3.8) is 0 Å². The first-order chi connectivity index (χ1) is 7.36. The number of aliphatic hydroxyl groups is 1. The zero-order valence-electron chi connectivity index (χ0n) is 8.68. The van der Waals surface area contributed by atoms with Crippen LogP contribution in [-0.2, 0) is 6.18 Å². The second kappa shape index (κ2) is 4.82. The van der Waals surface area contributed by atoms with E-state index in [2.05, 4.69) is 0 Å². The Morgan fingerprint density at radius 2 is 1.94 bits per heavy atom. The van der Waals surface area contributed by atoms with Gasteiger partial charge in [-0.25, -0.2) is 4.39 Å². The Bertz CT molecular complexity index is 359. The topological polar surface area (TPSA) is 20.2 Å². The van der Waals surface area contributed by atoms with Crippen LogP contribution >= 0.6 is 0 Å². The molecule has 0 saturated heterocycles. The molecule has 0 aromatic heterocycles. The van der Waals surface area contributed by atoms with Gasteiger partial charge >= 0.3 is 6.18 Å². The highest BCUT2D eigenvalue weighted by Crippen LogP contribution is 2.36. The van der Waals surface area contributed by atoms with Gasteiger partial charge in [0, 0.05) is 0 Å². The van der Waals surface area contributed by atoms with Gasteiger partial charge in [0.05, 0.1) is 11.7 Å². The third-order valence-electron chi connectivity index (χ3n) is 2.24. The molecule has 0 heterocycles. The van der Waals surface area contributed by atoms with Gasteiger partial charge in [-0.1, -0.05) is 13.3 Å². The van der Waals surface area contributed by atoms with Crippen LogP contribution in [0.1, 0.15) is 37.0 Å². The Labute approximate surface area is 90.7 Å². The van der Waals surface area contributed by atoms with E-state index >= 15 is 0 Å². The second-order valence-electron chi connectivity index (χ2n) is 3.53. The SMILES string of the molecule is CCC[C@H](O)c1cc(F)ccc1C(F)(F)F. The van der Waals surface area contributed by atoms with Crippen molar-refractivity contribution < 1.29 is 22.7 Å². The molecule has 0 amide bonds. The van der Waals surface area contributed by atoms with Crippen LogP contribution in [-0.4, -0.2) is 5.11 Å². The van der Waals surface area contributed by atoms with Crippen LogP contribution in [0.5, 0.6) is 0 Å². The van der Waals surface area contributed by atoms with E-state index in [4.69, 9.17) is 0 Å². The summed E-state index contributed by atoms with van der Waals surface area (Å²) in [7, 11) is 0. The van der Waals surface area contributed by atoms with E-state index < -0.39 is 29.2 Å². The van der Waals surface area contributed by atoms with Crippen LogP contribution < -0.4 is 0 Å². The number of alkyl halides is 3. The first-order valence-corrected chi connectivity index (χ1v) is 4.91. The molecule has 1 aromatic carbocycles. The van der Waals surface area contributed by atoms with Crippen LogP contribution in [0.3, 0.4) is 0 Å². The van der Waals surface area contributed by atoms with Gasteiger partial charge in [-0.2, -0.15) is 13.2 Å². The standard InChI is InChI=1S/C11H12F4O/c1-2-3-10(16)8-6-7(12)4-5-9(8)11(13,14)15/h4-6,10,16H,2-3H2,1H3/t10-/m0/s1. The molecule has 0 bridgehead atoms. The van der Waals surface area contributed by atoms with Crippen molar-refractivity contribution in [3.05, 3.63) is 35.1 Å². The Kier molecular flexibility index (Phi) is 3.91. The molecular formula is C11H12F4O. The largest absolute Gasteiger partial charge is 0.416 e. The number of aliphatic hydroxyl groups excluding tert-OH is 1. The number of halogens is 4. The summed E-state index contributed by atoms with van der Waals surface area (Å²) in [4.78, 5) is 0. The molecule has 0 aliphatic carbocycles. The molecular weight excluding hydrogens is 224 g/mol. The number of hydrogen-bond donors (Lipinski definition) is 1. The fraction of sp³-hybridized carbons (Fsp3) is 0.455. The minimum absolute atomic E-state index is 0.173. The summed E-state index contributed by atoms with van der Waals surface area (Å²) in [6.07, 6.45) is -5.16. The molecule has 1 rings (SSSR count). The monoisotopic (exact) mass is 236 g/mol. The minimum atomic E-state index is -4.57. The number of hydrogen-bond acceptors (Lipinski definition) is 1. The van der Waals surface area contributed by atoms with Crippen molar-refractivity contribution in [1.82, 2.24) is 0 Å². The zero-order valence-corrected chi connectivity index (χ0v) is 8.68. The molecule has 0 radical (unpaired) electrons. The molecule has 0 spiro atoms. The van der Waals surface area contributed by atoms with Gasteiger partial charge in [0.15, 0.2) is 0 Å². The Hall–Kier alpha value is -1.10. The summed E-state index contributed by atoms with van der Waals surface area (Å²) >= 11 is 0. The summed E-state index contributed by atoms with van der Waals surface area (Å²) in [6, 6.07) is 2.14. The van der Waals surface area contributed by atoms with Crippen LogP contribution in [0, 0.1) is 5.82 Å². The molecule has 0 aliphatic rings. The van der Waals surface area contributed by atoms with Crippen LogP contribution in [0.15, 0.2) is 18.2 Å². The predicted octanol–water partition coefficient (Wildman–Crippen LogP) is 3.68. The maximum atomic E-state index is 12.9. The average Bonchev–Trinajstić information content (AvgIpc) is 2.16. The highest BCUT2D eigenvalue weighted by Gasteiger charge is 2.34. The quantitative estimate of drug-likeness (QED) is 0.794. The van der Waals surface area contributed by atoms with Gasteiger partial charge in [-0.05, 0) is 30.2 Å². The lowest BCUT2D eigenvalue weighted by molar-refractivity contribution is -0.139. The predicted molar refractivity (Wildman–Crippen MR) is 51.3 cm³/mol. The summed E-state index contributed by atoms with van der Waals surface area (Å²) in [5.74, 6) is -0.779. The van der Waals surface area contributed by atoms with Crippen LogP contribution in [0.4, 0.5) is 17.6 Å². The van der Waals surface area contributed by atoms with Crippen molar-refractivity contribution in [2.75, 3.05) is 0 Å². The molecule has 16 heavy (non-hydrogen) atoms. The van der Waals surface area contributed by atoms with Crippen LogP contribution in [0.2, 0.25) is 0 Å². The summed E-state index contributed by atoms with van der Waals surface area (Å²) in [5, 5.41) is 9.52. The minimum Gasteiger partial charge on any atom is -0.388 e. The van der Waals surface area contributed by atoms with Gasteiger partial charge in [-0.3, -0.25) is 0 Å². The third kappa shape index (κ3) is 2.95. The molecule has 0 aliphatic heterocycles. The van der Waals surface area contributed by atoms with Gasteiger partial charge in [0.25, 0.3) is 0 Å². The molecule has 0 saturated carbocycles. The lowest BCUT2D eigenvalue weighted by Gasteiger charge is -2.17. The molecule has 5 heteroatoms. The lowest BCUT2D eigenvalue weighted by Crippen LogP contribution is -2.12. The molecule has 90 valence electrons. The summed E-state index contributed by atoms with van der Waals surface area (Å²) < 4.78 is 50.5. The van der Waals surface area contributed by atoms with E-state index in [9.17, 15) is 22.7 Å². The Morgan fingerprint density at radius 1 is 1.31 bits per heavy atom. The fourth-order valence-corrected chi connectivity index (χ4v) is 1.50. The summed E-state index contributed by atoms with van der Waals surface area (Å²) in [5.41, 5.74) is -1.37. The summed E-state index contributed by atoms with van der Waals surface area (Å²) in [6.45, 7) is 1.73. The third-order valence-corrected chi connectivity index (χ3v) is 2.24. The molecule has 0 unspecified atom stereocenters. The first-order valence-electron chi connectivity index (χ1n) is 4.91. The number of rotatable bonds is 3. The van der Waals surface area contributed by atoms with E-state index in [0.717, 1.165) is 12.1 Å². The lowest BCUT2D eigenvalue weighted by atomic mass is 9.99. The second-order valence-corrected chi connectivity index (χ2v) is 3.53. The van der Waals surface area contributed by atoms with Crippen molar-refractivity contribution in [1.29, 1.82) is 0 Å². The van der Waals surface area contributed by atoms with E-state index in [1.165, 1.54) is 0 Å². The first kappa shape index (κ1) is 13.0. The Morgan fingerprint density at radius 3 is 2.44 bits per heavy atom. The van der Waals surface area contributed by atoms with Crippen molar-refractivity contribution in [2.24, 2.45) is 0 Å². The van der Waals surface area contributed by atoms with Crippen LogP contribution in [0.25, 0.3) is 0 Å². The van der Waals surface area contributed by atoms with E-state index in [0.29, 0.717) is 12.5 Å². The normalized spacial score (nSPS) is 13.9.